The lowest BCUT2D eigenvalue weighted by molar-refractivity contribution is -0.126. The molecule has 1 saturated carbocycles. The summed E-state index contributed by atoms with van der Waals surface area (Å²) >= 11 is 0. The molecule has 3 aromatic heterocycles. The van der Waals surface area contributed by atoms with Gasteiger partial charge in [-0.3, -0.25) is 0 Å². The smallest absolute Gasteiger partial charge is 0.346 e. The van der Waals surface area contributed by atoms with Gasteiger partial charge in [-0.2, -0.15) is 13.2 Å². The van der Waals surface area contributed by atoms with E-state index in [0.717, 1.165) is 47.8 Å². The fourth-order valence-electron chi connectivity index (χ4n) is 3.63. The van der Waals surface area contributed by atoms with Gasteiger partial charge in [0.1, 0.15) is 11.2 Å². The third-order valence-electron chi connectivity index (χ3n) is 4.80. The fraction of sp³-hybridized carbons (Fsp3) is 0.500. The molecule has 1 fully saturated rings. The molecule has 0 radical (unpaired) electrons. The summed E-state index contributed by atoms with van der Waals surface area (Å²) in [6.45, 7) is -0.911. The molecule has 128 valence electrons. The second kappa shape index (κ2) is 5.77. The van der Waals surface area contributed by atoms with E-state index < -0.39 is 12.7 Å². The molecule has 0 amide bonds. The third-order valence-corrected chi connectivity index (χ3v) is 4.80. The first-order valence-electron chi connectivity index (χ1n) is 8.10. The Morgan fingerprint density at radius 3 is 2.75 bits per heavy atom. The van der Waals surface area contributed by atoms with Crippen molar-refractivity contribution in [3.63, 3.8) is 0 Å². The van der Waals surface area contributed by atoms with E-state index in [4.69, 9.17) is 0 Å². The minimum Gasteiger partial charge on any atom is -0.346 e. The summed E-state index contributed by atoms with van der Waals surface area (Å²) in [5, 5.41) is 3.66. The third kappa shape index (κ3) is 2.86. The SMILES string of the molecule is FC(F)(F)CNC1CCC(n2cnc3cnc4[nH]ccc4c32)CC1. The number of hydrogen-bond donors (Lipinski definition) is 2. The van der Waals surface area contributed by atoms with Gasteiger partial charge < -0.3 is 14.9 Å². The highest BCUT2D eigenvalue weighted by Gasteiger charge is 2.30. The lowest BCUT2D eigenvalue weighted by Gasteiger charge is -2.30. The van der Waals surface area contributed by atoms with Crippen molar-refractivity contribution in [2.24, 2.45) is 0 Å². The highest BCUT2D eigenvalue weighted by Crippen LogP contribution is 2.33. The largest absolute Gasteiger partial charge is 0.401 e. The van der Waals surface area contributed by atoms with E-state index in [-0.39, 0.29) is 12.1 Å². The van der Waals surface area contributed by atoms with E-state index in [2.05, 4.69) is 24.8 Å². The number of halogens is 3. The fourth-order valence-corrected chi connectivity index (χ4v) is 3.63. The van der Waals surface area contributed by atoms with Gasteiger partial charge in [0.25, 0.3) is 0 Å². The van der Waals surface area contributed by atoms with Crippen molar-refractivity contribution in [1.82, 2.24) is 24.8 Å². The molecule has 2 N–H and O–H groups in total. The predicted octanol–water partition coefficient (Wildman–Crippen LogP) is 3.55. The molecule has 3 heterocycles. The Kier molecular flexibility index (Phi) is 3.71. The van der Waals surface area contributed by atoms with E-state index in [1.54, 1.807) is 6.20 Å². The van der Waals surface area contributed by atoms with E-state index in [1.807, 2.05) is 18.6 Å². The molecule has 1 aliphatic carbocycles. The number of rotatable bonds is 3. The van der Waals surface area contributed by atoms with Crippen LogP contribution in [0.2, 0.25) is 0 Å². The first-order valence-corrected chi connectivity index (χ1v) is 8.10. The summed E-state index contributed by atoms with van der Waals surface area (Å²) in [5.74, 6) is 0. The zero-order valence-corrected chi connectivity index (χ0v) is 13.0. The number of alkyl halides is 3. The lowest BCUT2D eigenvalue weighted by atomic mass is 9.91. The zero-order valence-electron chi connectivity index (χ0n) is 13.0. The molecule has 24 heavy (non-hydrogen) atoms. The highest BCUT2D eigenvalue weighted by atomic mass is 19.4. The Labute approximate surface area is 136 Å². The standard InChI is InChI=1S/C16H18F3N5/c17-16(18,19)8-22-10-1-3-11(4-2-10)24-9-23-13-7-21-15-12(14(13)24)5-6-20-15/h5-7,9-11,22H,1-4,8H2,(H,20,21). The number of aromatic amines is 1. The normalized spacial score (nSPS) is 22.5. The first-order chi connectivity index (χ1) is 11.5. The predicted molar refractivity (Wildman–Crippen MR) is 84.7 cm³/mol. The Bertz CT molecular complexity index is 842. The van der Waals surface area contributed by atoms with Gasteiger partial charge in [-0.25, -0.2) is 9.97 Å². The van der Waals surface area contributed by atoms with E-state index in [0.29, 0.717) is 0 Å². The van der Waals surface area contributed by atoms with Crippen molar-refractivity contribution in [3.8, 4) is 0 Å². The van der Waals surface area contributed by atoms with Gasteiger partial charge in [0.2, 0.25) is 0 Å². The van der Waals surface area contributed by atoms with Crippen LogP contribution in [-0.4, -0.2) is 38.3 Å². The number of nitrogens with one attached hydrogen (secondary N) is 2. The van der Waals surface area contributed by atoms with Crippen molar-refractivity contribution in [2.45, 2.75) is 43.9 Å². The van der Waals surface area contributed by atoms with Crippen LogP contribution in [0, 0.1) is 0 Å². The van der Waals surface area contributed by atoms with Gasteiger partial charge in [-0.15, -0.1) is 0 Å². The van der Waals surface area contributed by atoms with Crippen molar-refractivity contribution in [1.29, 1.82) is 0 Å². The minimum atomic E-state index is -4.15. The Balaban J connectivity index is 1.52. The molecule has 4 rings (SSSR count). The molecule has 0 aromatic carbocycles. The first kappa shape index (κ1) is 15.4. The van der Waals surface area contributed by atoms with E-state index >= 15 is 0 Å². The van der Waals surface area contributed by atoms with Gasteiger partial charge in [-0.1, -0.05) is 0 Å². The monoisotopic (exact) mass is 337 g/mol. The molecule has 1 aliphatic rings. The van der Waals surface area contributed by atoms with Crippen LogP contribution < -0.4 is 5.32 Å². The molecule has 0 aliphatic heterocycles. The lowest BCUT2D eigenvalue weighted by Crippen LogP contribution is -2.39. The van der Waals surface area contributed by atoms with Crippen LogP contribution >= 0.6 is 0 Å². The second-order valence-corrected chi connectivity index (χ2v) is 6.39. The number of aromatic nitrogens is 4. The Morgan fingerprint density at radius 1 is 1.21 bits per heavy atom. The van der Waals surface area contributed by atoms with Gasteiger partial charge in [0, 0.05) is 23.7 Å². The average Bonchev–Trinajstić information content (AvgIpc) is 3.18. The van der Waals surface area contributed by atoms with Gasteiger partial charge in [0.05, 0.1) is 24.6 Å². The van der Waals surface area contributed by atoms with Crippen LogP contribution in [0.1, 0.15) is 31.7 Å². The number of nitrogens with zero attached hydrogens (tertiary/aromatic N) is 3. The molecule has 0 atom stereocenters. The molecular formula is C16H18F3N5. The average molecular weight is 337 g/mol. The molecule has 5 nitrogen and oxygen atoms in total. The Hall–Kier alpha value is -2.09. The van der Waals surface area contributed by atoms with Crippen LogP contribution in [0.25, 0.3) is 22.1 Å². The molecule has 0 bridgehead atoms. The summed E-state index contributed by atoms with van der Waals surface area (Å²) in [4.78, 5) is 11.9. The quantitative estimate of drug-likeness (QED) is 0.768. The number of hydrogen-bond acceptors (Lipinski definition) is 3. The number of H-pyrrole nitrogens is 1. The van der Waals surface area contributed by atoms with Gasteiger partial charge >= 0.3 is 6.18 Å². The maximum atomic E-state index is 12.3. The van der Waals surface area contributed by atoms with E-state index in [9.17, 15) is 13.2 Å². The van der Waals surface area contributed by atoms with Crippen molar-refractivity contribution < 1.29 is 13.2 Å². The maximum Gasteiger partial charge on any atom is 0.401 e. The van der Waals surface area contributed by atoms with Crippen molar-refractivity contribution >= 4 is 22.1 Å². The summed E-state index contributed by atoms with van der Waals surface area (Å²) in [5.41, 5.74) is 2.72. The molecule has 0 spiro atoms. The van der Waals surface area contributed by atoms with Gasteiger partial charge in [-0.05, 0) is 31.7 Å². The number of pyridine rings is 1. The highest BCUT2D eigenvalue weighted by molar-refractivity contribution is 6.00. The minimum absolute atomic E-state index is 0.0633. The number of imidazole rings is 1. The Morgan fingerprint density at radius 2 is 2.00 bits per heavy atom. The van der Waals surface area contributed by atoms with Crippen molar-refractivity contribution in [3.05, 3.63) is 24.8 Å². The van der Waals surface area contributed by atoms with Crippen LogP contribution in [0.15, 0.2) is 24.8 Å². The summed E-state index contributed by atoms with van der Waals surface area (Å²) < 4.78 is 39.1. The second-order valence-electron chi connectivity index (χ2n) is 6.39. The topological polar surface area (TPSA) is 58.5 Å². The van der Waals surface area contributed by atoms with Gasteiger partial charge in [0.15, 0.2) is 0 Å². The van der Waals surface area contributed by atoms with Crippen LogP contribution in [0.4, 0.5) is 13.2 Å². The maximum absolute atomic E-state index is 12.3. The summed E-state index contributed by atoms with van der Waals surface area (Å²) in [6, 6.07) is 2.19. The molecule has 0 unspecified atom stereocenters. The molecule has 3 aromatic rings. The summed E-state index contributed by atoms with van der Waals surface area (Å²) in [6.07, 6.45) is 4.44. The van der Waals surface area contributed by atoms with Crippen LogP contribution in [0.5, 0.6) is 0 Å². The van der Waals surface area contributed by atoms with Crippen molar-refractivity contribution in [2.75, 3.05) is 6.54 Å². The zero-order chi connectivity index (χ0) is 16.7. The molecular weight excluding hydrogens is 319 g/mol. The van der Waals surface area contributed by atoms with Crippen LogP contribution in [0.3, 0.4) is 0 Å². The van der Waals surface area contributed by atoms with Crippen LogP contribution in [-0.2, 0) is 0 Å². The summed E-state index contributed by atoms with van der Waals surface area (Å²) in [7, 11) is 0. The molecule has 0 saturated heterocycles. The molecule has 8 heteroatoms. The number of fused-ring (bicyclic) bond motifs is 3. The van der Waals surface area contributed by atoms with E-state index in [1.165, 1.54) is 0 Å².